The van der Waals surface area contributed by atoms with Crippen molar-refractivity contribution in [3.05, 3.63) is 44.6 Å². The number of methoxy groups -OCH3 is 1. The first-order valence-corrected chi connectivity index (χ1v) is 17.1. The second-order valence-electron chi connectivity index (χ2n) is 13.7. The van der Waals surface area contributed by atoms with Gasteiger partial charge in [-0.1, -0.05) is 13.8 Å². The molecule has 268 valence electrons. The SMILES string of the molecule is CCN(C(=O)c1cc(F)c2oc(=O)c(=O)oc2c1Oc1nncnc1N1CCC2(C1)CN(C(CCCNCCCOC)C(C)C)C2)C(C)C. The minimum absolute atomic E-state index is 0.0582. The molecule has 4 heterocycles. The van der Waals surface area contributed by atoms with Crippen LogP contribution in [-0.4, -0.2) is 103 Å². The van der Waals surface area contributed by atoms with Crippen LogP contribution in [0.5, 0.6) is 11.6 Å². The van der Waals surface area contributed by atoms with Crippen molar-refractivity contribution in [3.8, 4) is 11.6 Å². The fraction of sp³-hybridized carbons (Fsp3) is 0.647. The van der Waals surface area contributed by atoms with Gasteiger partial charge < -0.3 is 33.4 Å². The lowest BCUT2D eigenvalue weighted by Crippen LogP contribution is -2.62. The largest absolute Gasteiger partial charge is 0.430 e. The molecule has 14 nitrogen and oxygen atoms in total. The van der Waals surface area contributed by atoms with Gasteiger partial charge in [-0.25, -0.2) is 19.0 Å². The molecule has 2 saturated heterocycles. The predicted molar refractivity (Wildman–Crippen MR) is 181 cm³/mol. The number of hydrogen-bond donors (Lipinski definition) is 1. The van der Waals surface area contributed by atoms with Crippen molar-refractivity contribution in [2.24, 2.45) is 11.3 Å². The first-order valence-electron chi connectivity index (χ1n) is 17.1. The smallest absolute Gasteiger partial charge is 0.423 e. The zero-order valence-electron chi connectivity index (χ0n) is 29.3. The lowest BCUT2D eigenvalue weighted by molar-refractivity contribution is -0.0339. The van der Waals surface area contributed by atoms with Crippen molar-refractivity contribution < 1.29 is 27.5 Å². The maximum Gasteiger partial charge on any atom is 0.423 e. The molecule has 1 spiro atoms. The maximum absolute atomic E-state index is 15.3. The molecule has 1 unspecified atom stereocenters. The van der Waals surface area contributed by atoms with Crippen LogP contribution in [0.2, 0.25) is 0 Å². The Kier molecular flexibility index (Phi) is 11.7. The standard InChI is InChI=1S/C34H48FN7O7/c1-7-42(22(4)5)31(43)23-16-24(35)27-28(49-33(45)32(44)48-27)26(23)47-30-29(37-20-38-39-30)40-14-11-34(17-40)18-41(19-34)25(21(2)3)10-8-12-36-13-9-15-46-6/h16,20-22,25,36H,7-15,17-19H2,1-6H3. The normalized spacial score (nSPS) is 16.6. The van der Waals surface area contributed by atoms with Gasteiger partial charge in [0.05, 0.1) is 5.56 Å². The highest BCUT2D eigenvalue weighted by Crippen LogP contribution is 2.45. The molecule has 0 bridgehead atoms. The minimum Gasteiger partial charge on any atom is -0.430 e. The van der Waals surface area contributed by atoms with Gasteiger partial charge in [0, 0.05) is 63.9 Å². The molecular formula is C34H48FN7O7. The molecule has 15 heteroatoms. The van der Waals surface area contributed by atoms with Crippen LogP contribution in [0, 0.1) is 17.2 Å². The lowest BCUT2D eigenvalue weighted by atomic mass is 9.76. The summed E-state index contributed by atoms with van der Waals surface area (Å²) in [6.07, 6.45) is 5.50. The summed E-state index contributed by atoms with van der Waals surface area (Å²) in [6.45, 7) is 16.4. The van der Waals surface area contributed by atoms with Crippen LogP contribution in [0.25, 0.3) is 11.2 Å². The van der Waals surface area contributed by atoms with Crippen molar-refractivity contribution in [1.82, 2.24) is 30.3 Å². The van der Waals surface area contributed by atoms with Gasteiger partial charge >= 0.3 is 11.3 Å². The number of aromatic nitrogens is 3. The second kappa shape index (κ2) is 15.7. The summed E-state index contributed by atoms with van der Waals surface area (Å²) in [5.41, 5.74) is -4.09. The van der Waals surface area contributed by atoms with Crippen LogP contribution in [-0.2, 0) is 4.74 Å². The van der Waals surface area contributed by atoms with E-state index < -0.39 is 34.1 Å². The van der Waals surface area contributed by atoms with E-state index in [0.717, 1.165) is 64.5 Å². The Balaban J connectivity index is 1.35. The van der Waals surface area contributed by atoms with Crippen LogP contribution in [0.3, 0.4) is 0 Å². The third-order valence-electron chi connectivity index (χ3n) is 9.54. The Bertz CT molecular complexity index is 1720. The van der Waals surface area contributed by atoms with Crippen molar-refractivity contribution >= 4 is 22.9 Å². The first-order chi connectivity index (χ1) is 23.5. The number of ether oxygens (including phenoxy) is 2. The van der Waals surface area contributed by atoms with Gasteiger partial charge in [0.1, 0.15) is 6.33 Å². The average Bonchev–Trinajstić information content (AvgIpc) is 3.50. The van der Waals surface area contributed by atoms with E-state index in [9.17, 15) is 14.4 Å². The van der Waals surface area contributed by atoms with Crippen molar-refractivity contribution in [3.63, 3.8) is 0 Å². The maximum atomic E-state index is 15.3. The molecule has 2 aromatic heterocycles. The van der Waals surface area contributed by atoms with Gasteiger partial charge in [-0.3, -0.25) is 9.69 Å². The highest BCUT2D eigenvalue weighted by Gasteiger charge is 2.50. The van der Waals surface area contributed by atoms with Gasteiger partial charge in [0.25, 0.3) is 11.8 Å². The molecular weight excluding hydrogens is 637 g/mol. The van der Waals surface area contributed by atoms with Crippen LogP contribution < -0.4 is 26.2 Å². The van der Waals surface area contributed by atoms with E-state index in [4.69, 9.17) is 18.3 Å². The molecule has 1 aromatic carbocycles. The Labute approximate surface area is 284 Å². The zero-order valence-corrected chi connectivity index (χ0v) is 29.3. The Morgan fingerprint density at radius 2 is 1.82 bits per heavy atom. The van der Waals surface area contributed by atoms with E-state index in [0.29, 0.717) is 37.4 Å². The molecule has 49 heavy (non-hydrogen) atoms. The third-order valence-corrected chi connectivity index (χ3v) is 9.54. The fourth-order valence-corrected chi connectivity index (χ4v) is 7.11. The first kappa shape index (κ1) is 36.3. The predicted octanol–water partition coefficient (Wildman–Crippen LogP) is 3.68. The Morgan fingerprint density at radius 3 is 2.49 bits per heavy atom. The number of likely N-dealkylation sites (tertiary alicyclic amines) is 1. The van der Waals surface area contributed by atoms with Gasteiger partial charge in [0.15, 0.2) is 17.4 Å². The number of hydrogen-bond acceptors (Lipinski definition) is 13. The van der Waals surface area contributed by atoms with E-state index in [1.807, 2.05) is 13.8 Å². The molecule has 1 atom stereocenters. The van der Waals surface area contributed by atoms with E-state index in [-0.39, 0.29) is 28.6 Å². The van der Waals surface area contributed by atoms with E-state index in [1.165, 1.54) is 11.2 Å². The second-order valence-corrected chi connectivity index (χ2v) is 13.7. The number of rotatable bonds is 16. The van der Waals surface area contributed by atoms with Crippen LogP contribution in [0.15, 0.2) is 30.8 Å². The van der Waals surface area contributed by atoms with Crippen molar-refractivity contribution in [1.29, 1.82) is 0 Å². The van der Waals surface area contributed by atoms with Gasteiger partial charge in [-0.05, 0) is 71.5 Å². The van der Waals surface area contributed by atoms with Crippen LogP contribution in [0.4, 0.5) is 10.2 Å². The number of carbonyl (C=O) groups is 1. The summed E-state index contributed by atoms with van der Waals surface area (Å²) in [4.78, 5) is 48.6. The van der Waals surface area contributed by atoms with E-state index in [2.05, 4.69) is 44.1 Å². The molecule has 3 aromatic rings. The topological polar surface area (TPSA) is 156 Å². The monoisotopic (exact) mass is 685 g/mol. The van der Waals surface area contributed by atoms with Crippen molar-refractivity contribution in [2.45, 2.75) is 72.4 Å². The Hall–Kier alpha value is -3.95. The third kappa shape index (κ3) is 7.94. The molecule has 0 aliphatic carbocycles. The highest BCUT2D eigenvalue weighted by molar-refractivity contribution is 6.01. The quantitative estimate of drug-likeness (QED) is 0.172. The number of halogens is 1. The van der Waals surface area contributed by atoms with E-state index in [1.54, 1.807) is 14.0 Å². The summed E-state index contributed by atoms with van der Waals surface area (Å²) in [5.74, 6) is -1.09. The van der Waals surface area contributed by atoms with Gasteiger partial charge in [-0.15, -0.1) is 10.2 Å². The molecule has 2 fully saturated rings. The zero-order chi connectivity index (χ0) is 35.3. The van der Waals surface area contributed by atoms with E-state index >= 15 is 4.39 Å². The molecule has 1 amide bonds. The van der Waals surface area contributed by atoms with Crippen LogP contribution >= 0.6 is 0 Å². The van der Waals surface area contributed by atoms with Crippen LogP contribution in [0.1, 0.15) is 70.7 Å². The number of carbonyl (C=O) groups excluding carboxylic acids is 1. The molecule has 0 radical (unpaired) electrons. The van der Waals surface area contributed by atoms with Crippen molar-refractivity contribution in [2.75, 3.05) is 64.4 Å². The lowest BCUT2D eigenvalue weighted by Gasteiger charge is -2.53. The summed E-state index contributed by atoms with van der Waals surface area (Å²) in [7, 11) is 1.72. The number of nitrogens with zero attached hydrogens (tertiary/aromatic N) is 6. The summed E-state index contributed by atoms with van der Waals surface area (Å²) in [6, 6.07) is 1.17. The highest BCUT2D eigenvalue weighted by atomic mass is 19.1. The number of benzene rings is 1. The number of fused-ring (bicyclic) bond motifs is 1. The molecule has 1 N–H and O–H groups in total. The molecule has 2 aliphatic rings. The fourth-order valence-electron chi connectivity index (χ4n) is 7.11. The van der Waals surface area contributed by atoms with Gasteiger partial charge in [0.2, 0.25) is 11.2 Å². The molecule has 0 saturated carbocycles. The molecule has 2 aliphatic heterocycles. The number of anilines is 1. The van der Waals surface area contributed by atoms with Gasteiger partial charge in [-0.2, -0.15) is 0 Å². The minimum atomic E-state index is -1.39. The summed E-state index contributed by atoms with van der Waals surface area (Å²) >= 11 is 0. The molecule has 5 rings (SSSR count). The summed E-state index contributed by atoms with van der Waals surface area (Å²) < 4.78 is 36.7. The average molecular weight is 686 g/mol. The number of amides is 1. The summed E-state index contributed by atoms with van der Waals surface area (Å²) in [5, 5.41) is 11.6. The Morgan fingerprint density at radius 1 is 1.10 bits per heavy atom. The number of nitrogens with one attached hydrogen (secondary N) is 1.